The van der Waals surface area contributed by atoms with Gasteiger partial charge >= 0.3 is 12.9 Å². The van der Waals surface area contributed by atoms with Crippen LogP contribution in [0.15, 0.2) is 18.2 Å². The van der Waals surface area contributed by atoms with Gasteiger partial charge in [0.1, 0.15) is 0 Å². The molecule has 1 saturated heterocycles. The first-order valence-corrected chi connectivity index (χ1v) is 5.89. The van der Waals surface area contributed by atoms with Crippen molar-refractivity contribution in [3.05, 3.63) is 28.7 Å². The van der Waals surface area contributed by atoms with E-state index in [1.807, 2.05) is 18.2 Å². The molecule has 1 aliphatic heterocycles. The van der Waals surface area contributed by atoms with Gasteiger partial charge < -0.3 is 22.2 Å². The largest absolute Gasteiger partial charge is 0.673 e. The summed E-state index contributed by atoms with van der Waals surface area (Å²) in [7, 11) is -6.00. The van der Waals surface area contributed by atoms with Gasteiger partial charge in [0, 0.05) is 30.9 Å². The smallest absolute Gasteiger partial charge is 0.418 e. The monoisotopic (exact) mass is 275 g/mol. The zero-order valence-electron chi connectivity index (χ0n) is 10.5. The maximum atomic E-state index is 9.75. The van der Waals surface area contributed by atoms with Crippen molar-refractivity contribution in [2.24, 2.45) is 0 Å². The highest BCUT2D eigenvalue weighted by Gasteiger charge is 2.20. The van der Waals surface area contributed by atoms with Gasteiger partial charge in [-0.2, -0.15) is 0 Å². The summed E-state index contributed by atoms with van der Waals surface area (Å²) < 4.78 is 39.0. The lowest BCUT2D eigenvalue weighted by atomic mass is 10.1. The van der Waals surface area contributed by atoms with Gasteiger partial charge in [-0.1, -0.05) is 0 Å². The topological polar surface area (TPSA) is 31.4 Å². The molecule has 2 rings (SSSR count). The maximum Gasteiger partial charge on any atom is 0.673 e. The van der Waals surface area contributed by atoms with Crippen molar-refractivity contribution in [1.82, 2.24) is 0 Å². The predicted molar refractivity (Wildman–Crippen MR) is 67.6 cm³/mol. The van der Waals surface area contributed by atoms with Crippen LogP contribution in [0.25, 0.3) is 4.98 Å². The van der Waals surface area contributed by atoms with Gasteiger partial charge in [0.2, 0.25) is 5.39 Å². The Hall–Kier alpha value is -1.78. The van der Waals surface area contributed by atoms with E-state index in [1.54, 1.807) is 0 Å². The van der Waals surface area contributed by atoms with Crippen LogP contribution in [0.2, 0.25) is 0 Å². The minimum atomic E-state index is -6.00. The Balaban J connectivity index is 0.000000312. The summed E-state index contributed by atoms with van der Waals surface area (Å²) in [5.41, 5.74) is 3.09. The van der Waals surface area contributed by atoms with Gasteiger partial charge in [0.15, 0.2) is 4.98 Å². The van der Waals surface area contributed by atoms with Crippen molar-refractivity contribution in [2.75, 3.05) is 18.0 Å². The third-order valence-electron chi connectivity index (χ3n) is 2.74. The molecule has 0 aliphatic carbocycles. The number of diazo groups is 1. The average molecular weight is 275 g/mol. The van der Waals surface area contributed by atoms with E-state index in [1.165, 1.54) is 24.1 Å². The number of benzene rings is 1. The molecule has 1 heterocycles. The van der Waals surface area contributed by atoms with Gasteiger partial charge in [-0.05, 0) is 31.4 Å². The summed E-state index contributed by atoms with van der Waals surface area (Å²) in [6, 6.07) is 5.80. The average Bonchev–Trinajstić information content (AvgIpc) is 2.80. The highest BCUT2D eigenvalue weighted by Crippen LogP contribution is 2.27. The van der Waals surface area contributed by atoms with Crippen molar-refractivity contribution in [3.63, 3.8) is 0 Å². The number of anilines is 1. The Morgan fingerprint density at radius 1 is 1.16 bits per heavy atom. The molecular weight excluding hydrogens is 261 g/mol. The lowest BCUT2D eigenvalue weighted by Crippen LogP contribution is -2.18. The molecule has 0 amide bonds. The molecule has 1 fully saturated rings. The van der Waals surface area contributed by atoms with Gasteiger partial charge in [-0.25, -0.2) is 0 Å². The van der Waals surface area contributed by atoms with E-state index in [0.29, 0.717) is 5.69 Å². The van der Waals surface area contributed by atoms with E-state index in [-0.39, 0.29) is 0 Å². The van der Waals surface area contributed by atoms with Crippen molar-refractivity contribution < 1.29 is 17.3 Å². The van der Waals surface area contributed by atoms with Gasteiger partial charge in [-0.15, -0.1) is 0 Å². The van der Waals surface area contributed by atoms with Crippen molar-refractivity contribution in [2.45, 2.75) is 19.8 Å². The van der Waals surface area contributed by atoms with Crippen LogP contribution in [0.1, 0.15) is 18.4 Å². The number of aryl methyl sites for hydroxylation is 1. The van der Waals surface area contributed by atoms with E-state index in [0.717, 1.165) is 13.1 Å². The standard InChI is InChI=1S/C11H14N3.BF4/c1-9-8-10(13-12)4-5-11(9)14-6-2-3-7-14;2-1(3,4)5/h4-5,8H,2-3,6-7H2,1H3;/q+1;-1. The Labute approximate surface area is 108 Å². The lowest BCUT2D eigenvalue weighted by molar-refractivity contribution is 0.368. The molecule has 1 aromatic rings. The Morgan fingerprint density at radius 2 is 1.68 bits per heavy atom. The Kier molecular flexibility index (Phi) is 5.15. The number of hydrogen-bond donors (Lipinski definition) is 0. The van der Waals surface area contributed by atoms with Crippen LogP contribution in [0.5, 0.6) is 0 Å². The first kappa shape index (κ1) is 15.3. The number of halogens is 4. The number of nitrogens with zero attached hydrogens (tertiary/aromatic N) is 3. The Morgan fingerprint density at radius 3 is 2.11 bits per heavy atom. The van der Waals surface area contributed by atoms with E-state index in [4.69, 9.17) is 5.39 Å². The SMILES string of the molecule is Cc1cc([N+]#N)ccc1N1CCCC1.F[B-](F)(F)F. The second-order valence-corrected chi connectivity index (χ2v) is 4.26. The third kappa shape index (κ3) is 5.59. The molecule has 0 bridgehead atoms. The number of hydrogen-bond acceptors (Lipinski definition) is 2. The van der Waals surface area contributed by atoms with Crippen LogP contribution < -0.4 is 4.90 Å². The summed E-state index contributed by atoms with van der Waals surface area (Å²) in [5, 5.41) is 8.63. The predicted octanol–water partition coefficient (Wildman–Crippen LogP) is 4.38. The molecule has 0 unspecified atom stereocenters. The summed E-state index contributed by atoms with van der Waals surface area (Å²) >= 11 is 0. The van der Waals surface area contributed by atoms with Gasteiger partial charge in [0.05, 0.1) is 0 Å². The highest BCUT2D eigenvalue weighted by atomic mass is 19.5. The first-order chi connectivity index (χ1) is 8.81. The second-order valence-electron chi connectivity index (χ2n) is 4.26. The highest BCUT2D eigenvalue weighted by molar-refractivity contribution is 6.50. The van der Waals surface area contributed by atoms with Crippen molar-refractivity contribution >= 4 is 18.6 Å². The molecule has 3 nitrogen and oxygen atoms in total. The molecule has 0 N–H and O–H groups in total. The Bertz CT molecular complexity index is 458. The van der Waals surface area contributed by atoms with Crippen LogP contribution in [0.3, 0.4) is 0 Å². The van der Waals surface area contributed by atoms with Gasteiger partial charge in [-0.3, -0.25) is 0 Å². The molecule has 0 spiro atoms. The third-order valence-corrected chi connectivity index (χ3v) is 2.74. The van der Waals surface area contributed by atoms with Crippen molar-refractivity contribution in [3.8, 4) is 0 Å². The van der Waals surface area contributed by atoms with Crippen LogP contribution >= 0.6 is 0 Å². The fourth-order valence-corrected chi connectivity index (χ4v) is 2.01. The molecule has 0 atom stereocenters. The first-order valence-electron chi connectivity index (χ1n) is 5.89. The van der Waals surface area contributed by atoms with Gasteiger partial charge in [0.25, 0.3) is 0 Å². The molecule has 1 aromatic carbocycles. The molecule has 0 aromatic heterocycles. The van der Waals surface area contributed by atoms with Crippen LogP contribution in [0.4, 0.5) is 28.6 Å². The second kappa shape index (κ2) is 6.41. The zero-order chi connectivity index (χ0) is 14.5. The van der Waals surface area contributed by atoms with Crippen LogP contribution in [0, 0.1) is 12.3 Å². The summed E-state index contributed by atoms with van der Waals surface area (Å²) in [5.74, 6) is 0. The fraction of sp³-hybridized carbons (Fsp3) is 0.455. The van der Waals surface area contributed by atoms with E-state index in [2.05, 4.69) is 16.8 Å². The molecular formula is C11H14BF4N3. The minimum Gasteiger partial charge on any atom is -0.418 e. The molecule has 8 heteroatoms. The molecule has 1 aliphatic rings. The normalized spacial score (nSPS) is 14.6. The van der Waals surface area contributed by atoms with E-state index < -0.39 is 7.25 Å². The molecule has 19 heavy (non-hydrogen) atoms. The summed E-state index contributed by atoms with van der Waals surface area (Å²) in [6.45, 7) is 4.36. The molecule has 0 radical (unpaired) electrons. The van der Waals surface area contributed by atoms with Crippen LogP contribution in [-0.2, 0) is 0 Å². The van der Waals surface area contributed by atoms with Crippen molar-refractivity contribution in [1.29, 1.82) is 5.39 Å². The van der Waals surface area contributed by atoms with E-state index in [9.17, 15) is 17.3 Å². The zero-order valence-corrected chi connectivity index (χ0v) is 10.5. The minimum absolute atomic E-state index is 0.630. The quantitative estimate of drug-likeness (QED) is 0.432. The summed E-state index contributed by atoms with van der Waals surface area (Å²) in [4.78, 5) is 5.57. The lowest BCUT2D eigenvalue weighted by Gasteiger charge is -2.19. The number of rotatable bonds is 1. The molecule has 104 valence electrons. The fourth-order valence-electron chi connectivity index (χ4n) is 2.01. The van der Waals surface area contributed by atoms with Crippen LogP contribution in [-0.4, -0.2) is 20.3 Å². The maximum absolute atomic E-state index is 9.75. The summed E-state index contributed by atoms with van der Waals surface area (Å²) in [6.07, 6.45) is 2.57. The van der Waals surface area contributed by atoms with E-state index >= 15 is 0 Å². The molecule has 0 saturated carbocycles.